The number of aromatic nitrogens is 2. The summed E-state index contributed by atoms with van der Waals surface area (Å²) >= 11 is 0. The van der Waals surface area contributed by atoms with Gasteiger partial charge in [-0.1, -0.05) is 101 Å². The summed E-state index contributed by atoms with van der Waals surface area (Å²) in [4.78, 5) is 31.2. The molecule has 3 rings (SSSR count). The summed E-state index contributed by atoms with van der Waals surface area (Å²) in [6.07, 6.45) is 6.95. The molecule has 4 nitrogen and oxygen atoms in total. The first-order valence-corrected chi connectivity index (χ1v) is 12.6. The van der Waals surface area contributed by atoms with Crippen LogP contribution in [0.5, 0.6) is 0 Å². The first kappa shape index (κ1) is 26.3. The molecule has 0 aliphatic rings. The summed E-state index contributed by atoms with van der Waals surface area (Å²) in [5.41, 5.74) is 3.72. The fourth-order valence-corrected chi connectivity index (χ4v) is 4.36. The van der Waals surface area contributed by atoms with E-state index in [0.29, 0.717) is 31.5 Å². The number of aryl methyl sites for hydroxylation is 2. The Morgan fingerprint density at radius 1 is 0.971 bits per heavy atom. The second-order valence-electron chi connectivity index (χ2n) is 10.3. The number of ketones is 1. The van der Waals surface area contributed by atoms with Crippen LogP contribution in [0.4, 0.5) is 0 Å². The lowest BCUT2D eigenvalue weighted by atomic mass is 9.95. The van der Waals surface area contributed by atoms with Gasteiger partial charge in [0.2, 0.25) is 0 Å². The van der Waals surface area contributed by atoms with Gasteiger partial charge in [-0.25, -0.2) is 4.98 Å². The Bertz CT molecular complexity index is 1160. The van der Waals surface area contributed by atoms with Crippen molar-refractivity contribution in [2.75, 3.05) is 0 Å². The number of carbonyl (C=O) groups excluding carboxylic acids is 1. The standard InChI is InChI=1S/C31H38N2O2/c1-6-14-27-28(20-13-19-26(34)21-22-31(3,4)5)32-23(2)33(30(27)35)29(24-15-9-7-10-16-24)25-17-11-8-12-18-25/h7-12,15-18,21-22,29H,6,13-14,19-20H2,1-5H3/b22-21-. The van der Waals surface area contributed by atoms with Crippen molar-refractivity contribution >= 4 is 5.78 Å². The number of hydrogen-bond acceptors (Lipinski definition) is 3. The number of nitrogens with zero attached hydrogens (tertiary/aromatic N) is 2. The molecule has 184 valence electrons. The lowest BCUT2D eigenvalue weighted by Crippen LogP contribution is -2.33. The largest absolute Gasteiger partial charge is 0.295 e. The van der Waals surface area contributed by atoms with E-state index in [4.69, 9.17) is 4.98 Å². The maximum atomic E-state index is 13.9. The first-order chi connectivity index (χ1) is 16.7. The highest BCUT2D eigenvalue weighted by molar-refractivity contribution is 5.89. The predicted octanol–water partition coefficient (Wildman–Crippen LogP) is 6.64. The van der Waals surface area contributed by atoms with Crippen molar-refractivity contribution in [3.05, 3.63) is 111 Å². The highest BCUT2D eigenvalue weighted by Crippen LogP contribution is 2.27. The van der Waals surface area contributed by atoms with E-state index in [1.54, 1.807) is 6.08 Å². The Morgan fingerprint density at radius 3 is 2.06 bits per heavy atom. The predicted molar refractivity (Wildman–Crippen MR) is 144 cm³/mol. The number of rotatable bonds is 10. The van der Waals surface area contributed by atoms with E-state index in [2.05, 4.69) is 52.0 Å². The molecule has 0 unspecified atom stereocenters. The molecule has 0 saturated heterocycles. The monoisotopic (exact) mass is 470 g/mol. The third-order valence-electron chi connectivity index (χ3n) is 6.07. The van der Waals surface area contributed by atoms with Crippen LogP contribution in [0, 0.1) is 12.3 Å². The van der Waals surface area contributed by atoms with Gasteiger partial charge in [0, 0.05) is 12.0 Å². The van der Waals surface area contributed by atoms with Crippen molar-refractivity contribution in [3.8, 4) is 0 Å². The van der Waals surface area contributed by atoms with Crippen molar-refractivity contribution < 1.29 is 4.79 Å². The molecule has 0 radical (unpaired) electrons. The SMILES string of the molecule is CCCc1c(CCCC(=O)/C=C\C(C)(C)C)nc(C)n(C(c2ccccc2)c2ccccc2)c1=O. The molecule has 0 aliphatic carbocycles. The van der Waals surface area contributed by atoms with Crippen LogP contribution < -0.4 is 5.56 Å². The van der Waals surface area contributed by atoms with Crippen molar-refractivity contribution in [3.63, 3.8) is 0 Å². The molecule has 0 spiro atoms. The van der Waals surface area contributed by atoms with Gasteiger partial charge >= 0.3 is 0 Å². The Balaban J connectivity index is 1.97. The minimum Gasteiger partial charge on any atom is -0.295 e. The third kappa shape index (κ3) is 7.11. The Morgan fingerprint density at radius 2 is 1.54 bits per heavy atom. The topological polar surface area (TPSA) is 52.0 Å². The smallest absolute Gasteiger partial charge is 0.257 e. The van der Waals surface area contributed by atoms with Crippen LogP contribution in [0.3, 0.4) is 0 Å². The second kappa shape index (κ2) is 11.9. The molecular formula is C31H38N2O2. The normalized spacial score (nSPS) is 11.9. The molecule has 0 aliphatic heterocycles. The molecule has 0 N–H and O–H groups in total. The number of hydrogen-bond donors (Lipinski definition) is 0. The van der Waals surface area contributed by atoms with E-state index in [0.717, 1.165) is 28.8 Å². The Hall–Kier alpha value is -3.27. The summed E-state index contributed by atoms with van der Waals surface area (Å²) in [6.45, 7) is 10.2. The Kier molecular flexibility index (Phi) is 8.97. The third-order valence-corrected chi connectivity index (χ3v) is 6.07. The van der Waals surface area contributed by atoms with E-state index in [-0.39, 0.29) is 22.8 Å². The molecule has 0 atom stereocenters. The molecule has 35 heavy (non-hydrogen) atoms. The van der Waals surface area contributed by atoms with Gasteiger partial charge in [0.1, 0.15) is 5.82 Å². The zero-order chi connectivity index (χ0) is 25.4. The summed E-state index contributed by atoms with van der Waals surface area (Å²) < 4.78 is 1.84. The minimum absolute atomic E-state index is 0.0127. The molecule has 3 aromatic rings. The number of allylic oxidation sites excluding steroid dienone is 2. The maximum Gasteiger partial charge on any atom is 0.257 e. The van der Waals surface area contributed by atoms with Gasteiger partial charge in [-0.3, -0.25) is 14.2 Å². The van der Waals surface area contributed by atoms with E-state index in [9.17, 15) is 9.59 Å². The zero-order valence-corrected chi connectivity index (χ0v) is 21.8. The van der Waals surface area contributed by atoms with Gasteiger partial charge in [0.25, 0.3) is 5.56 Å². The fourth-order valence-electron chi connectivity index (χ4n) is 4.36. The highest BCUT2D eigenvalue weighted by atomic mass is 16.1. The molecule has 0 amide bonds. The molecule has 2 aromatic carbocycles. The molecule has 1 aromatic heterocycles. The average molecular weight is 471 g/mol. The molecule has 0 bridgehead atoms. The number of carbonyl (C=O) groups is 1. The van der Waals surface area contributed by atoms with Crippen LogP contribution in [0.15, 0.2) is 77.6 Å². The molecule has 4 heteroatoms. The van der Waals surface area contributed by atoms with Gasteiger partial charge in [-0.15, -0.1) is 0 Å². The van der Waals surface area contributed by atoms with Gasteiger partial charge in [-0.05, 0) is 48.8 Å². The Labute approximate surface area is 209 Å². The van der Waals surface area contributed by atoms with Crippen LogP contribution >= 0.6 is 0 Å². The van der Waals surface area contributed by atoms with Crippen LogP contribution in [0.2, 0.25) is 0 Å². The zero-order valence-electron chi connectivity index (χ0n) is 21.8. The van der Waals surface area contributed by atoms with E-state index in [1.807, 2.05) is 54.0 Å². The molecular weight excluding hydrogens is 432 g/mol. The molecule has 0 fully saturated rings. The summed E-state index contributed by atoms with van der Waals surface area (Å²) in [6, 6.07) is 20.0. The van der Waals surface area contributed by atoms with Crippen LogP contribution in [0.1, 0.15) is 81.2 Å². The quantitative estimate of drug-likeness (QED) is 0.312. The van der Waals surface area contributed by atoms with Gasteiger partial charge in [-0.2, -0.15) is 0 Å². The van der Waals surface area contributed by atoms with Crippen molar-refractivity contribution in [2.24, 2.45) is 5.41 Å². The average Bonchev–Trinajstić information content (AvgIpc) is 2.83. The van der Waals surface area contributed by atoms with Gasteiger partial charge in [0.05, 0.1) is 11.7 Å². The van der Waals surface area contributed by atoms with E-state index in [1.165, 1.54) is 0 Å². The molecule has 0 saturated carbocycles. The lowest BCUT2D eigenvalue weighted by Gasteiger charge is -2.24. The van der Waals surface area contributed by atoms with E-state index >= 15 is 0 Å². The first-order valence-electron chi connectivity index (χ1n) is 12.6. The van der Waals surface area contributed by atoms with Crippen molar-refractivity contribution in [2.45, 2.75) is 72.8 Å². The lowest BCUT2D eigenvalue weighted by molar-refractivity contribution is -0.114. The van der Waals surface area contributed by atoms with Crippen molar-refractivity contribution in [1.29, 1.82) is 0 Å². The fraction of sp³-hybridized carbons (Fsp3) is 0.387. The van der Waals surface area contributed by atoms with Crippen LogP contribution in [-0.2, 0) is 17.6 Å². The maximum absolute atomic E-state index is 13.9. The number of benzene rings is 2. The minimum atomic E-state index is -0.244. The van der Waals surface area contributed by atoms with Crippen LogP contribution in [0.25, 0.3) is 0 Å². The summed E-state index contributed by atoms with van der Waals surface area (Å²) in [5.74, 6) is 0.816. The van der Waals surface area contributed by atoms with Gasteiger partial charge < -0.3 is 0 Å². The second-order valence-corrected chi connectivity index (χ2v) is 10.3. The summed E-state index contributed by atoms with van der Waals surface area (Å²) in [7, 11) is 0. The summed E-state index contributed by atoms with van der Waals surface area (Å²) in [5, 5.41) is 0. The van der Waals surface area contributed by atoms with E-state index < -0.39 is 0 Å². The molecule has 1 heterocycles. The van der Waals surface area contributed by atoms with Crippen LogP contribution in [-0.4, -0.2) is 15.3 Å². The van der Waals surface area contributed by atoms with Gasteiger partial charge in [0.15, 0.2) is 5.78 Å². The highest BCUT2D eigenvalue weighted by Gasteiger charge is 2.23. The van der Waals surface area contributed by atoms with Crippen molar-refractivity contribution in [1.82, 2.24) is 9.55 Å².